The van der Waals surface area contributed by atoms with Crippen LogP contribution in [0.5, 0.6) is 0 Å². The van der Waals surface area contributed by atoms with Gasteiger partial charge in [0.15, 0.2) is 0 Å². The van der Waals surface area contributed by atoms with Crippen LogP contribution in [0.25, 0.3) is 5.65 Å². The van der Waals surface area contributed by atoms with Gasteiger partial charge in [0.25, 0.3) is 5.56 Å². The Hall–Kier alpha value is -1.68. The zero-order valence-electron chi connectivity index (χ0n) is 13.3. The molecule has 2 aromatic heterocycles. The lowest BCUT2D eigenvalue weighted by atomic mass is 10.1. The highest BCUT2D eigenvalue weighted by Gasteiger charge is 2.39. The summed E-state index contributed by atoms with van der Waals surface area (Å²) in [6.07, 6.45) is 7.17. The summed E-state index contributed by atoms with van der Waals surface area (Å²) in [4.78, 5) is 19.6. The largest absolute Gasteiger partial charge is 0.292 e. The van der Waals surface area contributed by atoms with Gasteiger partial charge in [0.1, 0.15) is 5.65 Å². The van der Waals surface area contributed by atoms with Gasteiger partial charge in [0.2, 0.25) is 0 Å². The van der Waals surface area contributed by atoms with Crippen LogP contribution < -0.4 is 5.56 Å². The summed E-state index contributed by atoms with van der Waals surface area (Å²) in [6.45, 7) is 5.14. The molecule has 0 saturated heterocycles. The van der Waals surface area contributed by atoms with E-state index in [1.54, 1.807) is 10.5 Å². The second-order valence-electron chi connectivity index (χ2n) is 7.00. The van der Waals surface area contributed by atoms with Crippen LogP contribution in [0.3, 0.4) is 0 Å². The summed E-state index contributed by atoms with van der Waals surface area (Å²) >= 11 is 0. The Labute approximate surface area is 130 Å². The van der Waals surface area contributed by atoms with Gasteiger partial charge in [-0.3, -0.25) is 14.1 Å². The molecule has 0 N–H and O–H groups in total. The predicted molar refractivity (Wildman–Crippen MR) is 87.0 cm³/mol. The first-order valence-electron chi connectivity index (χ1n) is 8.36. The van der Waals surface area contributed by atoms with Crippen LogP contribution in [0.1, 0.15) is 43.9 Å². The van der Waals surface area contributed by atoms with E-state index in [9.17, 15) is 4.79 Å². The highest BCUT2D eigenvalue weighted by molar-refractivity contribution is 5.39. The Bertz CT molecular complexity index is 759. The van der Waals surface area contributed by atoms with Crippen LogP contribution in [0.15, 0.2) is 29.2 Å². The maximum Gasteiger partial charge on any atom is 0.258 e. The molecule has 0 aliphatic heterocycles. The van der Waals surface area contributed by atoms with Gasteiger partial charge in [-0.15, -0.1) is 0 Å². The summed E-state index contributed by atoms with van der Waals surface area (Å²) in [7, 11) is 0. The fourth-order valence-electron chi connectivity index (χ4n) is 3.39. The molecule has 0 amide bonds. The van der Waals surface area contributed by atoms with Crippen molar-refractivity contribution in [1.29, 1.82) is 0 Å². The van der Waals surface area contributed by atoms with Crippen LogP contribution in [-0.2, 0) is 6.54 Å². The van der Waals surface area contributed by atoms with Gasteiger partial charge in [-0.05, 0) is 57.1 Å². The second-order valence-corrected chi connectivity index (χ2v) is 7.00. The molecule has 4 nitrogen and oxygen atoms in total. The summed E-state index contributed by atoms with van der Waals surface area (Å²) in [5, 5.41) is 0. The van der Waals surface area contributed by atoms with Crippen LogP contribution >= 0.6 is 0 Å². The first-order chi connectivity index (χ1) is 10.6. The van der Waals surface area contributed by atoms with E-state index in [-0.39, 0.29) is 5.56 Å². The highest BCUT2D eigenvalue weighted by atomic mass is 16.1. The van der Waals surface area contributed by atoms with Gasteiger partial charge in [0.05, 0.1) is 5.69 Å². The Balaban J connectivity index is 1.65. The van der Waals surface area contributed by atoms with E-state index < -0.39 is 0 Å². The normalized spacial score (nSPS) is 19.8. The molecule has 2 fully saturated rings. The number of aryl methyl sites for hydroxylation is 1. The van der Waals surface area contributed by atoms with Crippen LogP contribution in [0.4, 0.5) is 0 Å². The minimum absolute atomic E-state index is 0.0264. The molecular formula is C18H23N3O. The molecule has 4 heteroatoms. The van der Waals surface area contributed by atoms with Gasteiger partial charge in [0, 0.05) is 30.9 Å². The van der Waals surface area contributed by atoms with Gasteiger partial charge < -0.3 is 0 Å². The fourth-order valence-corrected chi connectivity index (χ4v) is 3.39. The standard InChI is InChI=1S/C18H23N3O/c1-12-3-8-17-19-15(9-18(22)21(17)10-12)11-20(16-6-7-16)13(2)14-4-5-14/h3,8-10,13-14,16H,4-7,11H2,1-2H3/t13-/m0/s1. The maximum absolute atomic E-state index is 12.3. The molecule has 2 aliphatic carbocycles. The molecule has 0 aromatic carbocycles. The molecule has 1 atom stereocenters. The quantitative estimate of drug-likeness (QED) is 0.851. The molecule has 4 rings (SSSR count). The smallest absolute Gasteiger partial charge is 0.258 e. The Morgan fingerprint density at radius 1 is 1.32 bits per heavy atom. The molecule has 2 heterocycles. The van der Waals surface area contributed by atoms with Crippen LogP contribution in [0.2, 0.25) is 0 Å². The van der Waals surface area contributed by atoms with Crippen molar-refractivity contribution >= 4 is 5.65 Å². The minimum atomic E-state index is 0.0264. The number of aromatic nitrogens is 2. The van der Waals surface area contributed by atoms with Crippen molar-refractivity contribution < 1.29 is 0 Å². The molecule has 22 heavy (non-hydrogen) atoms. The van der Waals surface area contributed by atoms with Crippen molar-refractivity contribution in [2.45, 2.75) is 58.2 Å². The number of pyridine rings is 1. The Morgan fingerprint density at radius 3 is 2.77 bits per heavy atom. The summed E-state index contributed by atoms with van der Waals surface area (Å²) in [5.41, 5.74) is 2.76. The van der Waals surface area contributed by atoms with Gasteiger partial charge in [-0.2, -0.15) is 0 Å². The third-order valence-electron chi connectivity index (χ3n) is 5.05. The molecule has 0 bridgehead atoms. The predicted octanol–water partition coefficient (Wildman–Crippen LogP) is 2.77. The van der Waals surface area contributed by atoms with E-state index in [1.807, 2.05) is 25.3 Å². The summed E-state index contributed by atoms with van der Waals surface area (Å²) in [6, 6.07) is 6.98. The monoisotopic (exact) mass is 297 g/mol. The summed E-state index contributed by atoms with van der Waals surface area (Å²) < 4.78 is 1.64. The number of nitrogens with zero attached hydrogens (tertiary/aromatic N) is 3. The van der Waals surface area contributed by atoms with E-state index in [4.69, 9.17) is 4.98 Å². The van der Waals surface area contributed by atoms with Crippen LogP contribution in [-0.4, -0.2) is 26.4 Å². The van der Waals surface area contributed by atoms with Crippen molar-refractivity contribution in [2.24, 2.45) is 5.92 Å². The van der Waals surface area contributed by atoms with Crippen molar-refractivity contribution in [1.82, 2.24) is 14.3 Å². The lowest BCUT2D eigenvalue weighted by molar-refractivity contribution is 0.168. The molecule has 0 spiro atoms. The lowest BCUT2D eigenvalue weighted by Crippen LogP contribution is -2.36. The SMILES string of the molecule is Cc1ccc2nc(CN(C3CC3)[C@@H](C)C3CC3)cc(=O)n2c1. The molecule has 2 saturated carbocycles. The first-order valence-corrected chi connectivity index (χ1v) is 8.36. The zero-order valence-corrected chi connectivity index (χ0v) is 13.3. The van der Waals surface area contributed by atoms with E-state index in [1.165, 1.54) is 25.7 Å². The van der Waals surface area contributed by atoms with Crippen LogP contribution in [0, 0.1) is 12.8 Å². The lowest BCUT2D eigenvalue weighted by Gasteiger charge is -2.29. The molecular weight excluding hydrogens is 274 g/mol. The molecule has 0 unspecified atom stereocenters. The topological polar surface area (TPSA) is 37.6 Å². The molecule has 0 radical (unpaired) electrons. The van der Waals surface area contributed by atoms with E-state index in [2.05, 4.69) is 11.8 Å². The third kappa shape index (κ3) is 2.68. The molecule has 2 aromatic rings. The Morgan fingerprint density at radius 2 is 2.09 bits per heavy atom. The second kappa shape index (κ2) is 5.20. The van der Waals surface area contributed by atoms with E-state index in [0.29, 0.717) is 12.1 Å². The third-order valence-corrected chi connectivity index (χ3v) is 5.05. The minimum Gasteiger partial charge on any atom is -0.292 e. The van der Waals surface area contributed by atoms with E-state index in [0.717, 1.165) is 29.4 Å². The number of hydrogen-bond donors (Lipinski definition) is 0. The number of hydrogen-bond acceptors (Lipinski definition) is 3. The molecule has 116 valence electrons. The van der Waals surface area contributed by atoms with Crippen molar-refractivity contribution in [2.75, 3.05) is 0 Å². The highest BCUT2D eigenvalue weighted by Crippen LogP contribution is 2.40. The van der Waals surface area contributed by atoms with Gasteiger partial charge in [-0.1, -0.05) is 6.07 Å². The van der Waals surface area contributed by atoms with Crippen molar-refractivity contribution in [3.05, 3.63) is 46.0 Å². The molecule has 2 aliphatic rings. The first kappa shape index (κ1) is 13.9. The van der Waals surface area contributed by atoms with Crippen molar-refractivity contribution in [3.8, 4) is 0 Å². The van der Waals surface area contributed by atoms with Crippen molar-refractivity contribution in [3.63, 3.8) is 0 Å². The average Bonchev–Trinajstić information content (AvgIpc) is 3.38. The van der Waals surface area contributed by atoms with Gasteiger partial charge >= 0.3 is 0 Å². The average molecular weight is 297 g/mol. The van der Waals surface area contributed by atoms with E-state index >= 15 is 0 Å². The van der Waals surface area contributed by atoms with Gasteiger partial charge in [-0.25, -0.2) is 4.98 Å². The number of fused-ring (bicyclic) bond motifs is 1. The fraction of sp³-hybridized carbons (Fsp3) is 0.556. The maximum atomic E-state index is 12.3. The zero-order chi connectivity index (χ0) is 15.3. The summed E-state index contributed by atoms with van der Waals surface area (Å²) in [5.74, 6) is 0.852. The number of rotatable bonds is 5. The Kier molecular flexibility index (Phi) is 3.30.